The predicted molar refractivity (Wildman–Crippen MR) is 209 cm³/mol. The molecule has 10 aromatic rings. The van der Waals surface area contributed by atoms with Crippen LogP contribution in [0.2, 0.25) is 0 Å². The maximum absolute atomic E-state index is 2.46. The van der Waals surface area contributed by atoms with Gasteiger partial charge in [0.15, 0.2) is 0 Å². The summed E-state index contributed by atoms with van der Waals surface area (Å²) in [5, 5.41) is 6.44. The van der Waals surface area contributed by atoms with Crippen LogP contribution in [-0.2, 0) is 0 Å². The lowest BCUT2D eigenvalue weighted by atomic mass is 9.98. The van der Waals surface area contributed by atoms with Gasteiger partial charge in [0.05, 0.1) is 22.1 Å². The highest BCUT2D eigenvalue weighted by Gasteiger charge is 2.18. The van der Waals surface area contributed by atoms with Crippen LogP contribution in [0, 0.1) is 6.92 Å². The predicted octanol–water partition coefficient (Wildman–Crippen LogP) is 12.6. The van der Waals surface area contributed by atoms with Gasteiger partial charge in [-0.05, 0) is 94.9 Å². The van der Waals surface area contributed by atoms with Crippen LogP contribution >= 0.6 is 0 Å². The first-order valence-electron chi connectivity index (χ1n) is 16.9. The van der Waals surface area contributed by atoms with Gasteiger partial charge in [-0.2, -0.15) is 0 Å². The second kappa shape index (κ2) is 10.8. The summed E-state index contributed by atoms with van der Waals surface area (Å²) in [7, 11) is 0. The molecule has 0 unspecified atom stereocenters. The number of rotatable bonds is 5. The first-order valence-corrected chi connectivity index (χ1v) is 16.9. The molecule has 2 nitrogen and oxygen atoms in total. The minimum atomic E-state index is 1.14. The van der Waals surface area contributed by atoms with Crippen molar-refractivity contribution in [1.82, 2.24) is 8.97 Å². The summed E-state index contributed by atoms with van der Waals surface area (Å²) in [4.78, 5) is 0. The normalized spacial score (nSPS) is 12.1. The molecule has 49 heavy (non-hydrogen) atoms. The molecule has 230 valence electrons. The zero-order chi connectivity index (χ0) is 32.5. The Labute approximate surface area is 284 Å². The molecule has 0 amide bonds. The fraction of sp³-hybridized carbons (Fsp3) is 0.0213. The molecule has 0 fully saturated rings. The molecule has 0 aliphatic carbocycles. The van der Waals surface area contributed by atoms with E-state index >= 15 is 0 Å². The number of hydrogen-bond donors (Lipinski definition) is 0. The summed E-state index contributed by atoms with van der Waals surface area (Å²) >= 11 is 0. The van der Waals surface area contributed by atoms with E-state index in [1.165, 1.54) is 82.4 Å². The highest BCUT2D eigenvalue weighted by Crippen LogP contribution is 2.40. The van der Waals surface area contributed by atoms with Crippen LogP contribution in [0.3, 0.4) is 0 Å². The highest BCUT2D eigenvalue weighted by atomic mass is 15.0. The number of nitrogens with zero attached hydrogens (tertiary/aromatic N) is 2. The zero-order valence-electron chi connectivity index (χ0n) is 27.1. The first kappa shape index (κ1) is 27.7. The van der Waals surface area contributed by atoms with E-state index in [4.69, 9.17) is 0 Å². The Kier molecular flexibility index (Phi) is 6.13. The van der Waals surface area contributed by atoms with E-state index < -0.39 is 0 Å². The molecule has 7 aromatic carbocycles. The van der Waals surface area contributed by atoms with Gasteiger partial charge < -0.3 is 8.97 Å². The lowest BCUT2D eigenvalue weighted by Crippen LogP contribution is -1.98. The summed E-state index contributed by atoms with van der Waals surface area (Å²) in [6.07, 6.45) is 4.59. The van der Waals surface area contributed by atoms with Crippen molar-refractivity contribution in [3.8, 4) is 27.9 Å². The van der Waals surface area contributed by atoms with Crippen molar-refractivity contribution in [3.63, 3.8) is 0 Å². The summed E-state index contributed by atoms with van der Waals surface area (Å²) < 4.78 is 4.86. The van der Waals surface area contributed by atoms with Crippen molar-refractivity contribution >= 4 is 61.1 Å². The molecule has 3 heterocycles. The summed E-state index contributed by atoms with van der Waals surface area (Å²) in [6, 6.07) is 59.6. The minimum Gasteiger partial charge on any atom is -0.310 e. The van der Waals surface area contributed by atoms with Crippen molar-refractivity contribution in [2.45, 2.75) is 6.92 Å². The van der Waals surface area contributed by atoms with Gasteiger partial charge in [-0.1, -0.05) is 121 Å². The third kappa shape index (κ3) is 4.35. The largest absolute Gasteiger partial charge is 0.310 e. The quantitative estimate of drug-likeness (QED) is 0.180. The zero-order valence-corrected chi connectivity index (χ0v) is 27.1. The Balaban J connectivity index is 1.16. The standard InChI is InChI=1S/C47H32N2/c1-31-25-46-43(42-20-12-19-41-40-18-9-11-22-45(40)49(46)47(41)42)30-34(31)23-24-38-27-35-17-8-10-21-44(35)48(38)39-28-36(32-13-4-2-5-14-32)26-37(29-39)33-15-6-3-7-16-33/h2-30H,1H3/b24-23-. The van der Waals surface area contributed by atoms with Gasteiger partial charge in [-0.25, -0.2) is 0 Å². The molecule has 0 N–H and O–H groups in total. The van der Waals surface area contributed by atoms with Crippen molar-refractivity contribution in [2.75, 3.05) is 0 Å². The Morgan fingerprint density at radius 1 is 0.429 bits per heavy atom. The molecule has 3 aromatic heterocycles. The van der Waals surface area contributed by atoms with Crippen molar-refractivity contribution in [3.05, 3.63) is 181 Å². The fourth-order valence-corrected chi connectivity index (χ4v) is 7.87. The molecule has 0 bridgehead atoms. The van der Waals surface area contributed by atoms with Crippen LogP contribution < -0.4 is 0 Å². The number of aromatic nitrogens is 2. The second-order valence-corrected chi connectivity index (χ2v) is 13.1. The van der Waals surface area contributed by atoms with Crippen LogP contribution in [0.4, 0.5) is 0 Å². The smallest absolute Gasteiger partial charge is 0.0620 e. The molecule has 10 rings (SSSR count). The SMILES string of the molecule is Cc1cc2c(cc1/C=C\c1cc3ccccc3n1-c1cc(-c3ccccc3)cc(-c3ccccc3)c1)c1cccc3c4ccccc4n2c31. The number of para-hydroxylation sites is 3. The summed E-state index contributed by atoms with van der Waals surface area (Å²) in [5.41, 5.74) is 14.6. The lowest BCUT2D eigenvalue weighted by Gasteiger charge is -2.15. The average molecular weight is 625 g/mol. The van der Waals surface area contributed by atoms with E-state index in [9.17, 15) is 0 Å². The Bertz CT molecular complexity index is 2810. The van der Waals surface area contributed by atoms with Gasteiger partial charge in [-0.15, -0.1) is 0 Å². The van der Waals surface area contributed by atoms with Gasteiger partial charge in [0.25, 0.3) is 0 Å². The molecular weight excluding hydrogens is 593 g/mol. The first-order chi connectivity index (χ1) is 24.2. The molecule has 0 radical (unpaired) electrons. The minimum absolute atomic E-state index is 1.14. The number of hydrogen-bond acceptors (Lipinski definition) is 0. The van der Waals surface area contributed by atoms with E-state index in [1.807, 2.05) is 0 Å². The van der Waals surface area contributed by atoms with E-state index in [2.05, 4.69) is 192 Å². The Morgan fingerprint density at radius 3 is 1.78 bits per heavy atom. The van der Waals surface area contributed by atoms with Gasteiger partial charge in [-0.3, -0.25) is 0 Å². The van der Waals surface area contributed by atoms with E-state index in [0.29, 0.717) is 0 Å². The van der Waals surface area contributed by atoms with Crippen molar-refractivity contribution < 1.29 is 0 Å². The third-order valence-corrected chi connectivity index (χ3v) is 10.2. The molecule has 0 saturated heterocycles. The van der Waals surface area contributed by atoms with Crippen LogP contribution in [0.5, 0.6) is 0 Å². The average Bonchev–Trinajstić information content (AvgIpc) is 3.81. The summed E-state index contributed by atoms with van der Waals surface area (Å²) in [6.45, 7) is 2.23. The monoisotopic (exact) mass is 624 g/mol. The van der Waals surface area contributed by atoms with Crippen LogP contribution in [0.15, 0.2) is 164 Å². The van der Waals surface area contributed by atoms with Crippen molar-refractivity contribution in [1.29, 1.82) is 0 Å². The molecular formula is C47H32N2. The second-order valence-electron chi connectivity index (χ2n) is 13.1. The number of benzene rings is 7. The van der Waals surface area contributed by atoms with E-state index in [1.54, 1.807) is 0 Å². The molecule has 0 atom stereocenters. The fourth-order valence-electron chi connectivity index (χ4n) is 7.87. The maximum atomic E-state index is 2.46. The highest BCUT2D eigenvalue weighted by molar-refractivity contribution is 6.23. The summed E-state index contributed by atoms with van der Waals surface area (Å²) in [5.74, 6) is 0. The van der Waals surface area contributed by atoms with E-state index in [-0.39, 0.29) is 0 Å². The Morgan fingerprint density at radius 2 is 1.04 bits per heavy atom. The lowest BCUT2D eigenvalue weighted by molar-refractivity contribution is 1.11. The molecule has 0 aliphatic heterocycles. The molecule has 2 heteroatoms. The van der Waals surface area contributed by atoms with Crippen LogP contribution in [0.25, 0.3) is 89.1 Å². The topological polar surface area (TPSA) is 9.34 Å². The van der Waals surface area contributed by atoms with Gasteiger partial charge in [0, 0.05) is 38.3 Å². The third-order valence-electron chi connectivity index (χ3n) is 10.2. The van der Waals surface area contributed by atoms with Gasteiger partial charge in [0.1, 0.15) is 0 Å². The molecule has 0 aliphatic rings. The van der Waals surface area contributed by atoms with E-state index in [0.717, 1.165) is 11.4 Å². The van der Waals surface area contributed by atoms with Crippen LogP contribution in [0.1, 0.15) is 16.8 Å². The van der Waals surface area contributed by atoms with Gasteiger partial charge >= 0.3 is 0 Å². The van der Waals surface area contributed by atoms with Crippen molar-refractivity contribution in [2.24, 2.45) is 0 Å². The number of fused-ring (bicyclic) bond motifs is 7. The maximum Gasteiger partial charge on any atom is 0.0620 e. The Hall–Kier alpha value is -6.38. The van der Waals surface area contributed by atoms with Gasteiger partial charge in [0.2, 0.25) is 0 Å². The molecule has 0 saturated carbocycles. The molecule has 0 spiro atoms. The number of aryl methyl sites for hydroxylation is 1. The van der Waals surface area contributed by atoms with Crippen LogP contribution in [-0.4, -0.2) is 8.97 Å².